The van der Waals surface area contributed by atoms with Gasteiger partial charge in [0.05, 0.1) is 5.56 Å². The monoisotopic (exact) mass is 377 g/mol. The molecule has 3 rings (SSSR count). The second-order valence-corrected chi connectivity index (χ2v) is 8.39. The molecule has 2 aromatic carbocycles. The van der Waals surface area contributed by atoms with E-state index in [4.69, 9.17) is 4.74 Å². The fourth-order valence-corrected chi connectivity index (χ4v) is 4.39. The SMILES string of the molecule is C[C@@H]1CC[C@@H](C(C)(C)c2ccccc2)[C@H](O/C(O)=C(/[N+]#N)c2ccccc2)C1. The summed E-state index contributed by atoms with van der Waals surface area (Å²) in [6, 6.07) is 19.6. The Morgan fingerprint density at radius 1 is 1.04 bits per heavy atom. The molecular formula is C24H29N2O2+. The molecule has 3 atom stereocenters. The lowest BCUT2D eigenvalue weighted by molar-refractivity contribution is -0.0494. The molecule has 0 bridgehead atoms. The quantitative estimate of drug-likeness (QED) is 0.476. The molecule has 0 aliphatic heterocycles. The number of hydrogen-bond acceptors (Lipinski definition) is 3. The Bertz CT molecular complexity index is 853. The van der Waals surface area contributed by atoms with E-state index in [-0.39, 0.29) is 29.1 Å². The van der Waals surface area contributed by atoms with Gasteiger partial charge < -0.3 is 9.84 Å². The fraction of sp³-hybridized carbons (Fsp3) is 0.417. The van der Waals surface area contributed by atoms with Crippen LogP contribution in [-0.2, 0) is 10.2 Å². The normalized spacial score (nSPS) is 23.4. The number of rotatable bonds is 5. The molecule has 28 heavy (non-hydrogen) atoms. The van der Waals surface area contributed by atoms with Crippen molar-refractivity contribution in [3.05, 3.63) is 82.7 Å². The Morgan fingerprint density at radius 2 is 1.64 bits per heavy atom. The lowest BCUT2D eigenvalue weighted by Gasteiger charge is -2.43. The zero-order valence-electron chi connectivity index (χ0n) is 16.9. The number of ether oxygens (including phenoxy) is 1. The standard InChI is InChI=1S/C24H28N2O2/c1-17-14-15-20(24(2,3)19-12-8-5-9-13-19)21(16-17)28-23(27)22(26-25)18-10-6-4-7-11-18/h4-13,17,20-21H,14-16H2,1-3H3/p+1/b23-22+/t17-,20-,21-/m1/s1. The van der Waals surface area contributed by atoms with Crippen LogP contribution in [0.15, 0.2) is 66.6 Å². The van der Waals surface area contributed by atoms with Crippen molar-refractivity contribution in [2.75, 3.05) is 0 Å². The smallest absolute Gasteiger partial charge is 0.471 e. The summed E-state index contributed by atoms with van der Waals surface area (Å²) in [5.74, 6) is 0.442. The summed E-state index contributed by atoms with van der Waals surface area (Å²) in [5.41, 5.74) is 1.84. The third-order valence-corrected chi connectivity index (χ3v) is 6.11. The van der Waals surface area contributed by atoms with Crippen molar-refractivity contribution in [2.45, 2.75) is 51.6 Å². The lowest BCUT2D eigenvalue weighted by atomic mass is 9.64. The van der Waals surface area contributed by atoms with Crippen LogP contribution in [0.3, 0.4) is 0 Å². The summed E-state index contributed by atoms with van der Waals surface area (Å²) >= 11 is 0. The van der Waals surface area contributed by atoms with Crippen LogP contribution >= 0.6 is 0 Å². The van der Waals surface area contributed by atoms with Gasteiger partial charge in [0.1, 0.15) is 6.10 Å². The minimum Gasteiger partial charge on any atom is -0.475 e. The zero-order valence-corrected chi connectivity index (χ0v) is 16.9. The van der Waals surface area contributed by atoms with E-state index < -0.39 is 0 Å². The van der Waals surface area contributed by atoms with Gasteiger partial charge in [-0.3, -0.25) is 0 Å². The molecule has 1 N–H and O–H groups in total. The fourth-order valence-electron chi connectivity index (χ4n) is 4.39. The summed E-state index contributed by atoms with van der Waals surface area (Å²) in [5, 5.41) is 20.1. The van der Waals surface area contributed by atoms with Gasteiger partial charge in [-0.15, -0.1) is 0 Å². The Labute approximate surface area is 167 Å². The van der Waals surface area contributed by atoms with Crippen LogP contribution in [0.5, 0.6) is 0 Å². The van der Waals surface area contributed by atoms with Crippen molar-refractivity contribution in [3.8, 4) is 0 Å². The molecule has 0 saturated heterocycles. The highest BCUT2D eigenvalue weighted by molar-refractivity contribution is 5.70. The van der Waals surface area contributed by atoms with E-state index in [0.29, 0.717) is 11.5 Å². The van der Waals surface area contributed by atoms with Crippen LogP contribution < -0.4 is 0 Å². The van der Waals surface area contributed by atoms with Crippen molar-refractivity contribution in [1.82, 2.24) is 0 Å². The molecule has 0 spiro atoms. The maximum atomic E-state index is 10.7. The maximum Gasteiger partial charge on any atom is 0.471 e. The predicted octanol–water partition coefficient (Wildman–Crippen LogP) is 6.52. The van der Waals surface area contributed by atoms with E-state index in [9.17, 15) is 10.5 Å². The van der Waals surface area contributed by atoms with Gasteiger partial charge in [-0.2, -0.15) is 0 Å². The maximum absolute atomic E-state index is 10.7. The van der Waals surface area contributed by atoms with E-state index in [0.717, 1.165) is 19.3 Å². The summed E-state index contributed by atoms with van der Waals surface area (Å²) in [6.07, 6.45) is 2.87. The Balaban J connectivity index is 1.91. The van der Waals surface area contributed by atoms with Crippen LogP contribution in [0, 0.1) is 17.2 Å². The van der Waals surface area contributed by atoms with E-state index in [1.807, 2.05) is 24.3 Å². The van der Waals surface area contributed by atoms with Crippen molar-refractivity contribution < 1.29 is 9.84 Å². The number of diazo groups is 1. The minimum absolute atomic E-state index is 0.0649. The zero-order chi connectivity index (χ0) is 20.1. The first kappa shape index (κ1) is 19.9. The summed E-state index contributed by atoms with van der Waals surface area (Å²) in [6.45, 7) is 6.71. The average molecular weight is 378 g/mol. The van der Waals surface area contributed by atoms with E-state index in [2.05, 4.69) is 50.0 Å². The second-order valence-electron chi connectivity index (χ2n) is 8.39. The van der Waals surface area contributed by atoms with Crippen molar-refractivity contribution in [3.63, 3.8) is 0 Å². The van der Waals surface area contributed by atoms with Crippen molar-refractivity contribution in [1.29, 1.82) is 5.39 Å². The molecular weight excluding hydrogens is 348 g/mol. The van der Waals surface area contributed by atoms with Gasteiger partial charge in [-0.25, -0.2) is 0 Å². The number of benzene rings is 2. The molecule has 0 aromatic heterocycles. The summed E-state index contributed by atoms with van der Waals surface area (Å²) < 4.78 is 6.07. The van der Waals surface area contributed by atoms with Gasteiger partial charge >= 0.3 is 11.6 Å². The van der Waals surface area contributed by atoms with Crippen LogP contribution in [-0.4, -0.2) is 11.2 Å². The average Bonchev–Trinajstić information content (AvgIpc) is 2.70. The molecule has 2 aromatic rings. The first-order valence-corrected chi connectivity index (χ1v) is 9.99. The van der Waals surface area contributed by atoms with Crippen LogP contribution in [0.25, 0.3) is 10.7 Å². The Morgan fingerprint density at radius 3 is 2.25 bits per heavy atom. The summed E-state index contributed by atoms with van der Waals surface area (Å²) in [4.78, 5) is 3.29. The molecule has 1 saturated carbocycles. The molecule has 0 radical (unpaired) electrons. The molecule has 0 unspecified atom stereocenters. The third kappa shape index (κ3) is 4.20. The summed E-state index contributed by atoms with van der Waals surface area (Å²) in [7, 11) is 0. The molecule has 1 aliphatic carbocycles. The van der Waals surface area contributed by atoms with Gasteiger partial charge in [-0.05, 0) is 41.9 Å². The topological polar surface area (TPSA) is 57.6 Å². The first-order valence-electron chi connectivity index (χ1n) is 9.99. The Hall–Kier alpha value is -2.80. The molecule has 1 fully saturated rings. The van der Waals surface area contributed by atoms with Gasteiger partial charge in [0.25, 0.3) is 0 Å². The molecule has 4 nitrogen and oxygen atoms in total. The molecule has 146 valence electrons. The van der Waals surface area contributed by atoms with Gasteiger partial charge in [0.15, 0.2) is 4.98 Å². The number of hydrogen-bond donors (Lipinski definition) is 1. The van der Waals surface area contributed by atoms with Gasteiger partial charge in [0.2, 0.25) is 5.39 Å². The van der Waals surface area contributed by atoms with Gasteiger partial charge in [-0.1, -0.05) is 75.7 Å². The van der Waals surface area contributed by atoms with Crippen molar-refractivity contribution >= 4 is 5.70 Å². The largest absolute Gasteiger partial charge is 0.475 e. The van der Waals surface area contributed by atoms with Crippen LogP contribution in [0.4, 0.5) is 0 Å². The van der Waals surface area contributed by atoms with Crippen LogP contribution in [0.1, 0.15) is 51.2 Å². The van der Waals surface area contributed by atoms with Crippen LogP contribution in [0.2, 0.25) is 0 Å². The first-order chi connectivity index (χ1) is 13.4. The predicted molar refractivity (Wildman–Crippen MR) is 112 cm³/mol. The highest BCUT2D eigenvalue weighted by Gasteiger charge is 2.42. The minimum atomic E-state index is -0.318. The second kappa shape index (κ2) is 8.48. The molecule has 0 heterocycles. The third-order valence-electron chi connectivity index (χ3n) is 6.11. The molecule has 1 aliphatic rings. The lowest BCUT2D eigenvalue weighted by Crippen LogP contribution is -2.42. The molecule has 0 amide bonds. The van der Waals surface area contributed by atoms with E-state index in [1.54, 1.807) is 12.1 Å². The highest BCUT2D eigenvalue weighted by atomic mass is 16.6. The highest BCUT2D eigenvalue weighted by Crippen LogP contribution is 2.44. The number of aliphatic hydroxyl groups is 1. The number of aliphatic hydroxyl groups excluding tert-OH is 1. The molecule has 4 heteroatoms. The van der Waals surface area contributed by atoms with E-state index in [1.165, 1.54) is 5.56 Å². The Kier molecular flexibility index (Phi) is 6.04. The van der Waals surface area contributed by atoms with Crippen molar-refractivity contribution in [2.24, 2.45) is 11.8 Å². The van der Waals surface area contributed by atoms with Gasteiger partial charge in [0, 0.05) is 5.92 Å². The van der Waals surface area contributed by atoms with E-state index >= 15 is 0 Å². The number of nitrogens with zero attached hydrogens (tertiary/aromatic N) is 2.